The molecule has 130 valence electrons. The molecular formula is C17H30N4O2. The van der Waals surface area contributed by atoms with Crippen LogP contribution in [-0.2, 0) is 17.8 Å². The van der Waals surface area contributed by atoms with Crippen molar-refractivity contribution in [2.45, 2.75) is 59.4 Å². The van der Waals surface area contributed by atoms with Gasteiger partial charge in [-0.2, -0.15) is 4.98 Å². The Morgan fingerprint density at radius 3 is 2.52 bits per heavy atom. The van der Waals surface area contributed by atoms with Crippen LogP contribution in [0.4, 0.5) is 0 Å². The first-order valence-corrected chi connectivity index (χ1v) is 9.00. The molecule has 0 bridgehead atoms. The normalized spacial score (nSPS) is 17.4. The molecule has 1 aliphatic rings. The van der Waals surface area contributed by atoms with Crippen molar-refractivity contribution in [1.82, 2.24) is 19.9 Å². The molecule has 2 heterocycles. The van der Waals surface area contributed by atoms with E-state index < -0.39 is 0 Å². The van der Waals surface area contributed by atoms with Gasteiger partial charge in [0.25, 0.3) is 0 Å². The Bertz CT molecular complexity index is 481. The molecule has 6 nitrogen and oxygen atoms in total. The summed E-state index contributed by atoms with van der Waals surface area (Å²) in [5.41, 5.74) is 0. The molecule has 0 spiro atoms. The van der Waals surface area contributed by atoms with E-state index >= 15 is 0 Å². The zero-order valence-electron chi connectivity index (χ0n) is 14.8. The molecule has 1 fully saturated rings. The van der Waals surface area contributed by atoms with Gasteiger partial charge in [0.05, 0.1) is 6.54 Å². The van der Waals surface area contributed by atoms with Gasteiger partial charge in [-0.05, 0) is 12.8 Å². The van der Waals surface area contributed by atoms with Crippen LogP contribution in [0, 0.1) is 5.92 Å². The monoisotopic (exact) mass is 322 g/mol. The number of aryl methyl sites for hydroxylation is 1. The van der Waals surface area contributed by atoms with E-state index in [4.69, 9.17) is 4.52 Å². The smallest absolute Gasteiger partial charge is 0.226 e. The maximum atomic E-state index is 12.6. The van der Waals surface area contributed by atoms with Gasteiger partial charge in [0.1, 0.15) is 0 Å². The van der Waals surface area contributed by atoms with Crippen LogP contribution in [0.5, 0.6) is 0 Å². The summed E-state index contributed by atoms with van der Waals surface area (Å²) in [4.78, 5) is 21.3. The molecule has 0 aliphatic carbocycles. The average Bonchev–Trinajstić information content (AvgIpc) is 3.03. The minimum Gasteiger partial charge on any atom is -0.340 e. The standard InChI is InChI=1S/C17H30N4O2/c1-4-7-8-14(5-2)17(22)21-11-9-20(10-12-21)13-15-18-16(6-3)23-19-15/h14H,4-13H2,1-3H3/t14-/m1/s1. The van der Waals surface area contributed by atoms with E-state index in [0.717, 1.165) is 64.1 Å². The van der Waals surface area contributed by atoms with Gasteiger partial charge in [-0.3, -0.25) is 9.69 Å². The summed E-state index contributed by atoms with van der Waals surface area (Å²) in [6.45, 7) is 10.4. The lowest BCUT2D eigenvalue weighted by atomic mass is 9.97. The summed E-state index contributed by atoms with van der Waals surface area (Å²) in [5.74, 6) is 1.98. The predicted octanol–water partition coefficient (Wildman–Crippen LogP) is 2.49. The lowest BCUT2D eigenvalue weighted by Gasteiger charge is -2.35. The van der Waals surface area contributed by atoms with E-state index in [2.05, 4.69) is 28.9 Å². The molecule has 1 aromatic heterocycles. The van der Waals surface area contributed by atoms with Crippen LogP contribution in [0.15, 0.2) is 4.52 Å². The fraction of sp³-hybridized carbons (Fsp3) is 0.824. The van der Waals surface area contributed by atoms with Crippen molar-refractivity contribution >= 4 is 5.91 Å². The van der Waals surface area contributed by atoms with Crippen LogP contribution in [-0.4, -0.2) is 52.0 Å². The quantitative estimate of drug-likeness (QED) is 0.736. The third kappa shape index (κ3) is 5.03. The molecule has 0 radical (unpaired) electrons. The van der Waals surface area contributed by atoms with Crippen LogP contribution in [0.1, 0.15) is 58.2 Å². The Morgan fingerprint density at radius 2 is 1.96 bits per heavy atom. The van der Waals surface area contributed by atoms with Crippen molar-refractivity contribution in [2.75, 3.05) is 26.2 Å². The lowest BCUT2D eigenvalue weighted by Crippen LogP contribution is -2.50. The Morgan fingerprint density at radius 1 is 1.22 bits per heavy atom. The van der Waals surface area contributed by atoms with Crippen LogP contribution in [0.2, 0.25) is 0 Å². The van der Waals surface area contributed by atoms with Gasteiger partial charge in [-0.15, -0.1) is 0 Å². The highest BCUT2D eigenvalue weighted by molar-refractivity contribution is 5.78. The molecule has 1 aliphatic heterocycles. The number of rotatable bonds is 8. The molecule has 0 N–H and O–H groups in total. The number of carbonyl (C=O) groups excluding carboxylic acids is 1. The fourth-order valence-corrected chi connectivity index (χ4v) is 3.04. The number of hydrogen-bond donors (Lipinski definition) is 0. The molecule has 23 heavy (non-hydrogen) atoms. The molecule has 1 amide bonds. The van der Waals surface area contributed by atoms with E-state index in [1.54, 1.807) is 0 Å². The van der Waals surface area contributed by atoms with Crippen molar-refractivity contribution in [1.29, 1.82) is 0 Å². The minimum atomic E-state index is 0.200. The molecular weight excluding hydrogens is 292 g/mol. The number of nitrogens with zero attached hydrogens (tertiary/aromatic N) is 4. The zero-order valence-corrected chi connectivity index (χ0v) is 14.8. The second-order valence-electron chi connectivity index (χ2n) is 6.31. The van der Waals surface area contributed by atoms with Gasteiger partial charge in [0, 0.05) is 38.5 Å². The van der Waals surface area contributed by atoms with Crippen LogP contribution in [0.3, 0.4) is 0 Å². The second-order valence-corrected chi connectivity index (χ2v) is 6.31. The summed E-state index contributed by atoms with van der Waals surface area (Å²) in [7, 11) is 0. The van der Waals surface area contributed by atoms with Gasteiger partial charge in [-0.25, -0.2) is 0 Å². The van der Waals surface area contributed by atoms with Gasteiger partial charge < -0.3 is 9.42 Å². The average molecular weight is 322 g/mol. The van der Waals surface area contributed by atoms with Crippen LogP contribution in [0.25, 0.3) is 0 Å². The second kappa shape index (κ2) is 9.01. The highest BCUT2D eigenvalue weighted by Gasteiger charge is 2.26. The molecule has 6 heteroatoms. The third-order valence-electron chi connectivity index (χ3n) is 4.61. The summed E-state index contributed by atoms with van der Waals surface area (Å²) in [6.07, 6.45) is 5.03. The lowest BCUT2D eigenvalue weighted by molar-refractivity contribution is -0.137. The third-order valence-corrected chi connectivity index (χ3v) is 4.61. The van der Waals surface area contributed by atoms with E-state index in [1.165, 1.54) is 0 Å². The molecule has 1 atom stereocenters. The van der Waals surface area contributed by atoms with Crippen LogP contribution < -0.4 is 0 Å². The van der Waals surface area contributed by atoms with E-state index in [0.29, 0.717) is 18.3 Å². The molecule has 1 saturated heterocycles. The Kier molecular flexibility index (Phi) is 7.02. The Hall–Kier alpha value is -1.43. The Labute approximate surface area is 139 Å². The maximum absolute atomic E-state index is 12.6. The van der Waals surface area contributed by atoms with Gasteiger partial charge >= 0.3 is 0 Å². The van der Waals surface area contributed by atoms with E-state index in [1.807, 2.05) is 11.8 Å². The van der Waals surface area contributed by atoms with Crippen molar-refractivity contribution < 1.29 is 9.32 Å². The highest BCUT2D eigenvalue weighted by Crippen LogP contribution is 2.17. The molecule has 0 unspecified atom stereocenters. The van der Waals surface area contributed by atoms with Gasteiger partial charge in [0.2, 0.25) is 11.8 Å². The van der Waals surface area contributed by atoms with Crippen molar-refractivity contribution in [2.24, 2.45) is 5.92 Å². The van der Waals surface area contributed by atoms with Gasteiger partial charge in [0.15, 0.2) is 5.82 Å². The number of unbranched alkanes of at least 4 members (excludes halogenated alkanes) is 1. The first kappa shape index (κ1) is 17.9. The molecule has 2 rings (SSSR count). The summed E-state index contributed by atoms with van der Waals surface area (Å²) >= 11 is 0. The number of amides is 1. The van der Waals surface area contributed by atoms with Crippen molar-refractivity contribution in [3.05, 3.63) is 11.7 Å². The van der Waals surface area contributed by atoms with Gasteiger partial charge in [-0.1, -0.05) is 38.8 Å². The summed E-state index contributed by atoms with van der Waals surface area (Å²) < 4.78 is 5.15. The number of piperazine rings is 1. The largest absolute Gasteiger partial charge is 0.340 e. The summed E-state index contributed by atoms with van der Waals surface area (Å²) in [5, 5.41) is 4.00. The Balaban J connectivity index is 1.79. The van der Waals surface area contributed by atoms with Crippen molar-refractivity contribution in [3.8, 4) is 0 Å². The van der Waals surface area contributed by atoms with E-state index in [-0.39, 0.29) is 5.92 Å². The van der Waals surface area contributed by atoms with Crippen LogP contribution >= 0.6 is 0 Å². The first-order valence-electron chi connectivity index (χ1n) is 9.00. The number of hydrogen-bond acceptors (Lipinski definition) is 5. The topological polar surface area (TPSA) is 62.5 Å². The highest BCUT2D eigenvalue weighted by atomic mass is 16.5. The summed E-state index contributed by atoms with van der Waals surface area (Å²) in [6, 6.07) is 0. The first-order chi connectivity index (χ1) is 11.2. The minimum absolute atomic E-state index is 0.200. The number of carbonyl (C=O) groups is 1. The van der Waals surface area contributed by atoms with E-state index in [9.17, 15) is 4.79 Å². The molecule has 0 aromatic carbocycles. The van der Waals surface area contributed by atoms with Crippen molar-refractivity contribution in [3.63, 3.8) is 0 Å². The molecule has 1 aromatic rings. The fourth-order valence-electron chi connectivity index (χ4n) is 3.04. The maximum Gasteiger partial charge on any atom is 0.226 e. The molecule has 0 saturated carbocycles. The SMILES string of the molecule is CCCC[C@@H](CC)C(=O)N1CCN(Cc2noc(CC)n2)CC1. The number of aromatic nitrogens is 2. The predicted molar refractivity (Wildman–Crippen MR) is 88.8 cm³/mol. The zero-order chi connectivity index (χ0) is 16.7.